The zero-order valence-electron chi connectivity index (χ0n) is 15.7. The van der Waals surface area contributed by atoms with Crippen molar-refractivity contribution >= 4 is 45.6 Å². The molecule has 0 aromatic heterocycles. The fraction of sp³-hybridized carbons (Fsp3) is 0.316. The Labute approximate surface area is 170 Å². The van der Waals surface area contributed by atoms with Gasteiger partial charge in [-0.15, -0.1) is 0 Å². The van der Waals surface area contributed by atoms with Crippen LogP contribution in [0.25, 0.3) is 6.08 Å². The van der Waals surface area contributed by atoms with E-state index in [-0.39, 0.29) is 31.2 Å². The van der Waals surface area contributed by atoms with Gasteiger partial charge in [-0.3, -0.25) is 0 Å². The maximum absolute atomic E-state index is 12.4. The highest BCUT2D eigenvalue weighted by molar-refractivity contribution is 9.10. The molecule has 1 aliphatic heterocycles. The quantitative estimate of drug-likeness (QED) is 0.368. The molecule has 0 radical (unpaired) electrons. The molecule has 0 saturated carbocycles. The molecular formula is C19H20BrNO7. The number of hydrogen-bond acceptors (Lipinski definition) is 8. The average molecular weight is 454 g/mol. The van der Waals surface area contributed by atoms with Gasteiger partial charge in [-0.1, -0.05) is 15.9 Å². The van der Waals surface area contributed by atoms with Gasteiger partial charge >= 0.3 is 17.9 Å². The molecular weight excluding hydrogens is 434 g/mol. The van der Waals surface area contributed by atoms with E-state index in [1.807, 2.05) is 0 Å². The summed E-state index contributed by atoms with van der Waals surface area (Å²) in [6.45, 7) is 1.89. The first-order chi connectivity index (χ1) is 13.4. The highest BCUT2D eigenvalue weighted by Gasteiger charge is 2.33. The Morgan fingerprint density at radius 2 is 1.93 bits per heavy atom. The summed E-state index contributed by atoms with van der Waals surface area (Å²) in [6, 6.07) is 5.24. The Balaban J connectivity index is 2.56. The Bertz CT molecular complexity index is 832. The van der Waals surface area contributed by atoms with E-state index in [4.69, 9.17) is 18.9 Å². The molecule has 0 atom stereocenters. The molecule has 0 bridgehead atoms. The van der Waals surface area contributed by atoms with Crippen LogP contribution < -0.4 is 4.90 Å². The van der Waals surface area contributed by atoms with Crippen LogP contribution in [0.15, 0.2) is 40.0 Å². The molecule has 2 rings (SSSR count). The predicted molar refractivity (Wildman–Crippen MR) is 104 cm³/mol. The van der Waals surface area contributed by atoms with Crippen LogP contribution >= 0.6 is 15.9 Å². The van der Waals surface area contributed by atoms with Crippen LogP contribution in [0.4, 0.5) is 5.69 Å². The van der Waals surface area contributed by atoms with Crippen LogP contribution in [0.5, 0.6) is 0 Å². The van der Waals surface area contributed by atoms with Gasteiger partial charge in [0, 0.05) is 10.5 Å². The number of hydrogen-bond donors (Lipinski definition) is 0. The van der Waals surface area contributed by atoms with E-state index in [1.54, 1.807) is 31.2 Å². The summed E-state index contributed by atoms with van der Waals surface area (Å²) in [4.78, 5) is 37.7. The van der Waals surface area contributed by atoms with E-state index in [2.05, 4.69) is 15.9 Å². The van der Waals surface area contributed by atoms with Crippen LogP contribution in [-0.4, -0.2) is 52.1 Å². The third-order valence-corrected chi connectivity index (χ3v) is 4.29. The van der Waals surface area contributed by atoms with E-state index >= 15 is 0 Å². The lowest BCUT2D eigenvalue weighted by Crippen LogP contribution is -2.39. The predicted octanol–water partition coefficient (Wildman–Crippen LogP) is 2.42. The molecule has 1 aromatic carbocycles. The summed E-state index contributed by atoms with van der Waals surface area (Å²) < 4.78 is 20.8. The minimum atomic E-state index is -0.702. The van der Waals surface area contributed by atoms with Crippen molar-refractivity contribution in [1.29, 1.82) is 0 Å². The second-order valence-electron chi connectivity index (χ2n) is 5.50. The van der Waals surface area contributed by atoms with Crippen LogP contribution in [0, 0.1) is 0 Å². The first-order valence-electron chi connectivity index (χ1n) is 8.32. The monoisotopic (exact) mass is 453 g/mol. The molecule has 0 spiro atoms. The third-order valence-electron chi connectivity index (χ3n) is 3.80. The lowest BCUT2D eigenvalue weighted by molar-refractivity contribution is -0.140. The fourth-order valence-corrected chi connectivity index (χ4v) is 2.97. The van der Waals surface area contributed by atoms with Gasteiger partial charge in [0.15, 0.2) is 0 Å². The number of methoxy groups -OCH3 is 2. The molecule has 0 amide bonds. The molecule has 1 heterocycles. The van der Waals surface area contributed by atoms with Crippen molar-refractivity contribution in [1.82, 2.24) is 0 Å². The number of benzene rings is 1. The van der Waals surface area contributed by atoms with Crippen molar-refractivity contribution in [3.05, 3.63) is 45.6 Å². The largest absolute Gasteiger partial charge is 0.466 e. The summed E-state index contributed by atoms with van der Waals surface area (Å²) in [7, 11) is 2.44. The maximum Gasteiger partial charge on any atom is 0.355 e. The van der Waals surface area contributed by atoms with Gasteiger partial charge in [-0.2, -0.15) is 0 Å². The number of rotatable bonds is 6. The number of carbonyl (C=O) groups is 3. The maximum atomic E-state index is 12.4. The summed E-state index contributed by atoms with van der Waals surface area (Å²) >= 11 is 3.38. The minimum Gasteiger partial charge on any atom is -0.466 e. The van der Waals surface area contributed by atoms with Crippen molar-refractivity contribution in [3.63, 3.8) is 0 Å². The average Bonchev–Trinajstić information content (AvgIpc) is 2.70. The molecule has 0 fully saturated rings. The van der Waals surface area contributed by atoms with Gasteiger partial charge in [-0.25, -0.2) is 14.4 Å². The number of nitrogens with zero attached hydrogens (tertiary/aromatic N) is 1. The smallest absolute Gasteiger partial charge is 0.355 e. The summed E-state index contributed by atoms with van der Waals surface area (Å²) in [5.41, 5.74) is 1.20. The second-order valence-corrected chi connectivity index (χ2v) is 6.42. The molecule has 28 heavy (non-hydrogen) atoms. The highest BCUT2D eigenvalue weighted by Crippen LogP contribution is 2.32. The number of halogens is 1. The van der Waals surface area contributed by atoms with E-state index in [0.717, 1.165) is 4.47 Å². The summed E-state index contributed by atoms with van der Waals surface area (Å²) in [5.74, 6) is -1.89. The first kappa shape index (κ1) is 21.6. The van der Waals surface area contributed by atoms with E-state index < -0.39 is 17.9 Å². The molecule has 8 nitrogen and oxygen atoms in total. The topological polar surface area (TPSA) is 91.4 Å². The molecule has 0 aliphatic carbocycles. The molecule has 0 N–H and O–H groups in total. The Kier molecular flexibility index (Phi) is 7.77. The van der Waals surface area contributed by atoms with Crippen LogP contribution in [0.3, 0.4) is 0 Å². The van der Waals surface area contributed by atoms with E-state index in [1.165, 1.54) is 25.2 Å². The first-order valence-corrected chi connectivity index (χ1v) is 9.11. The van der Waals surface area contributed by atoms with E-state index in [9.17, 15) is 14.4 Å². The van der Waals surface area contributed by atoms with Crippen LogP contribution in [0.2, 0.25) is 0 Å². The van der Waals surface area contributed by atoms with Gasteiger partial charge in [0.1, 0.15) is 12.4 Å². The van der Waals surface area contributed by atoms with Gasteiger partial charge in [0.2, 0.25) is 0 Å². The number of anilines is 1. The third kappa shape index (κ3) is 4.99. The zero-order valence-corrected chi connectivity index (χ0v) is 17.3. The molecule has 0 unspecified atom stereocenters. The Morgan fingerprint density at radius 3 is 2.57 bits per heavy atom. The molecule has 1 aliphatic rings. The van der Waals surface area contributed by atoms with Gasteiger partial charge in [-0.05, 0) is 36.8 Å². The summed E-state index contributed by atoms with van der Waals surface area (Å²) in [5, 5.41) is 0. The minimum absolute atomic E-state index is 0.00675. The lowest BCUT2D eigenvalue weighted by atomic mass is 10.1. The number of ether oxygens (including phenoxy) is 4. The molecule has 1 aromatic rings. The van der Waals surface area contributed by atoms with Gasteiger partial charge in [0.25, 0.3) is 0 Å². The van der Waals surface area contributed by atoms with Crippen LogP contribution in [0.1, 0.15) is 12.5 Å². The van der Waals surface area contributed by atoms with Crippen molar-refractivity contribution in [2.24, 2.45) is 0 Å². The number of carbonyl (C=O) groups excluding carboxylic acids is 3. The van der Waals surface area contributed by atoms with Crippen LogP contribution in [-0.2, 0) is 33.3 Å². The molecule has 0 saturated heterocycles. The van der Waals surface area contributed by atoms with Gasteiger partial charge in [0.05, 0.1) is 38.7 Å². The summed E-state index contributed by atoms with van der Waals surface area (Å²) in [6.07, 6.45) is 2.84. The SMILES string of the molecule is CCOC(=O)C=Cc1cc(Br)ccc1N1COCC(C(=O)OC)=C1C(=O)OC. The van der Waals surface area contributed by atoms with Crippen molar-refractivity contribution in [3.8, 4) is 0 Å². The van der Waals surface area contributed by atoms with Crippen molar-refractivity contribution in [2.45, 2.75) is 6.92 Å². The lowest BCUT2D eigenvalue weighted by Gasteiger charge is -2.32. The Hall–Kier alpha value is -2.65. The fourth-order valence-electron chi connectivity index (χ4n) is 2.59. The zero-order chi connectivity index (χ0) is 20.7. The number of esters is 3. The van der Waals surface area contributed by atoms with Crippen molar-refractivity contribution in [2.75, 3.05) is 39.1 Å². The Morgan fingerprint density at radius 1 is 1.21 bits per heavy atom. The molecule has 150 valence electrons. The van der Waals surface area contributed by atoms with Crippen molar-refractivity contribution < 1.29 is 33.3 Å². The normalized spacial score (nSPS) is 14.2. The molecule has 9 heteroatoms. The van der Waals surface area contributed by atoms with E-state index in [0.29, 0.717) is 11.3 Å². The second kappa shape index (κ2) is 10.0. The van der Waals surface area contributed by atoms with Gasteiger partial charge < -0.3 is 23.8 Å². The standard InChI is InChI=1S/C19H20BrNO7/c1-4-28-16(22)8-5-12-9-13(20)6-7-15(12)21-11-27-10-14(18(23)25-2)17(21)19(24)26-3/h5-9H,4,10-11H2,1-3H3. The highest BCUT2D eigenvalue weighted by atomic mass is 79.9.